The summed E-state index contributed by atoms with van der Waals surface area (Å²) in [6, 6.07) is 17.1. The molecule has 0 aliphatic heterocycles. The maximum absolute atomic E-state index is 12.1. The van der Waals surface area contributed by atoms with Gasteiger partial charge in [0.05, 0.1) is 11.5 Å². The molecule has 0 fully saturated rings. The van der Waals surface area contributed by atoms with E-state index in [1.54, 1.807) is 54.0 Å². The van der Waals surface area contributed by atoms with E-state index in [4.69, 9.17) is 9.47 Å². The predicted octanol–water partition coefficient (Wildman–Crippen LogP) is 3.74. The fourth-order valence-corrected chi connectivity index (χ4v) is 3.29. The number of rotatable bonds is 12. The van der Waals surface area contributed by atoms with Gasteiger partial charge in [0, 0.05) is 11.5 Å². The van der Waals surface area contributed by atoms with Gasteiger partial charge >= 0.3 is 5.97 Å². The first-order valence-electron chi connectivity index (χ1n) is 9.44. The summed E-state index contributed by atoms with van der Waals surface area (Å²) < 4.78 is 10.4. The molecule has 160 valence electrons. The third kappa shape index (κ3) is 9.37. The molecule has 0 heterocycles. The smallest absolute Gasteiger partial charge is 0.344 e. The topological polar surface area (TPSA) is 77.0 Å². The van der Waals surface area contributed by atoms with Crippen molar-refractivity contribution < 1.29 is 19.1 Å². The minimum atomic E-state index is -0.392. The Hall–Kier alpha value is -2.45. The van der Waals surface area contributed by atoms with Crippen molar-refractivity contribution in [3.8, 4) is 5.75 Å². The normalized spacial score (nSPS) is 11.8. The van der Waals surface area contributed by atoms with Gasteiger partial charge in [-0.3, -0.25) is 4.79 Å². The molecule has 0 radical (unpaired) electrons. The molecular weight excluding hydrogens is 420 g/mol. The Balaban J connectivity index is 1.70. The summed E-state index contributed by atoms with van der Waals surface area (Å²) in [6.45, 7) is 2.11. The largest absolute Gasteiger partial charge is 0.482 e. The van der Waals surface area contributed by atoms with Gasteiger partial charge in [-0.25, -0.2) is 10.2 Å². The minimum absolute atomic E-state index is 0.129. The molecule has 6 nitrogen and oxygen atoms in total. The second-order valence-corrected chi connectivity index (χ2v) is 8.56. The first kappa shape index (κ1) is 23.8. The van der Waals surface area contributed by atoms with E-state index in [1.165, 1.54) is 5.56 Å². The fraction of sp³-hybridized carbons (Fsp3) is 0.318. The van der Waals surface area contributed by atoms with E-state index in [0.717, 1.165) is 17.1 Å². The number of hydrogen-bond donors (Lipinski definition) is 1. The van der Waals surface area contributed by atoms with Crippen LogP contribution in [0, 0.1) is 0 Å². The van der Waals surface area contributed by atoms with Crippen molar-refractivity contribution in [1.82, 2.24) is 5.43 Å². The van der Waals surface area contributed by atoms with E-state index in [2.05, 4.69) is 10.5 Å². The quantitative estimate of drug-likeness (QED) is 0.232. The average molecular weight is 447 g/mol. The minimum Gasteiger partial charge on any atom is -0.482 e. The first-order valence-corrected chi connectivity index (χ1v) is 11.9. The third-order valence-corrected chi connectivity index (χ3v) is 5.68. The predicted molar refractivity (Wildman–Crippen MR) is 124 cm³/mol. The molecule has 0 saturated heterocycles. The number of benzene rings is 2. The molecule has 1 N–H and O–H groups in total. The van der Waals surface area contributed by atoms with Crippen molar-refractivity contribution in [2.45, 2.75) is 17.9 Å². The lowest BCUT2D eigenvalue weighted by Gasteiger charge is -2.09. The Morgan fingerprint density at radius 2 is 1.87 bits per heavy atom. The van der Waals surface area contributed by atoms with Gasteiger partial charge in [-0.2, -0.15) is 16.9 Å². The van der Waals surface area contributed by atoms with Crippen LogP contribution in [0.2, 0.25) is 0 Å². The number of nitrogens with zero attached hydrogens (tertiary/aromatic N) is 1. The molecular formula is C22H26N2O4S2. The number of carbonyl (C=O) groups is 2. The second kappa shape index (κ2) is 13.7. The van der Waals surface area contributed by atoms with E-state index >= 15 is 0 Å². The molecule has 8 heteroatoms. The van der Waals surface area contributed by atoms with Gasteiger partial charge in [0.15, 0.2) is 6.61 Å². The summed E-state index contributed by atoms with van der Waals surface area (Å²) in [5.41, 5.74) is 4.54. The zero-order valence-corrected chi connectivity index (χ0v) is 18.7. The van der Waals surface area contributed by atoms with Crippen molar-refractivity contribution in [3.05, 3.63) is 65.7 Å². The molecule has 0 bridgehead atoms. The molecule has 2 rings (SSSR count). The maximum Gasteiger partial charge on any atom is 0.344 e. The van der Waals surface area contributed by atoms with Crippen LogP contribution in [0.1, 0.15) is 18.1 Å². The zero-order chi connectivity index (χ0) is 21.6. The van der Waals surface area contributed by atoms with E-state index in [9.17, 15) is 9.59 Å². The van der Waals surface area contributed by atoms with Crippen LogP contribution in [-0.4, -0.2) is 48.6 Å². The fourth-order valence-electron chi connectivity index (χ4n) is 2.21. The van der Waals surface area contributed by atoms with Crippen LogP contribution >= 0.6 is 23.5 Å². The van der Waals surface area contributed by atoms with Crippen LogP contribution < -0.4 is 10.2 Å². The molecule has 1 atom stereocenters. The number of carbonyl (C=O) groups excluding carboxylic acids is 2. The highest BCUT2D eigenvalue weighted by atomic mass is 32.2. The number of esters is 1. The van der Waals surface area contributed by atoms with Crippen molar-refractivity contribution in [2.75, 3.05) is 25.2 Å². The molecule has 0 aliphatic rings. The molecule has 2 aromatic rings. The Morgan fingerprint density at radius 1 is 1.13 bits per heavy atom. The molecule has 30 heavy (non-hydrogen) atoms. The van der Waals surface area contributed by atoms with Gasteiger partial charge in [-0.1, -0.05) is 30.3 Å². The molecule has 0 aliphatic carbocycles. The van der Waals surface area contributed by atoms with Crippen LogP contribution in [0.15, 0.2) is 59.7 Å². The number of hydrogen-bond acceptors (Lipinski definition) is 7. The summed E-state index contributed by atoms with van der Waals surface area (Å²) in [5, 5.41) is 3.79. The van der Waals surface area contributed by atoms with Crippen LogP contribution in [0.3, 0.4) is 0 Å². The molecule has 0 aromatic heterocycles. The highest BCUT2D eigenvalue weighted by Gasteiger charge is 2.12. The summed E-state index contributed by atoms with van der Waals surface area (Å²) in [5.74, 6) is 1.56. The summed E-state index contributed by atoms with van der Waals surface area (Å²) >= 11 is 3.17. The van der Waals surface area contributed by atoms with E-state index in [-0.39, 0.29) is 17.8 Å². The van der Waals surface area contributed by atoms with Crippen molar-refractivity contribution >= 4 is 41.6 Å². The van der Waals surface area contributed by atoms with Crippen LogP contribution in [0.4, 0.5) is 0 Å². The van der Waals surface area contributed by atoms with Gasteiger partial charge < -0.3 is 9.47 Å². The Morgan fingerprint density at radius 3 is 2.57 bits per heavy atom. The molecule has 0 saturated carbocycles. The van der Waals surface area contributed by atoms with E-state index in [0.29, 0.717) is 12.4 Å². The average Bonchev–Trinajstić information content (AvgIpc) is 2.77. The van der Waals surface area contributed by atoms with Gasteiger partial charge in [-0.05, 0) is 48.6 Å². The van der Waals surface area contributed by atoms with Crippen LogP contribution in [-0.2, 0) is 20.1 Å². The van der Waals surface area contributed by atoms with Crippen molar-refractivity contribution in [2.24, 2.45) is 5.10 Å². The van der Waals surface area contributed by atoms with E-state index < -0.39 is 5.97 Å². The van der Waals surface area contributed by atoms with Crippen molar-refractivity contribution in [3.63, 3.8) is 0 Å². The molecule has 1 amide bonds. The maximum atomic E-state index is 12.1. The highest BCUT2D eigenvalue weighted by molar-refractivity contribution is 7.99. The molecule has 0 spiro atoms. The number of amides is 1. The summed E-state index contributed by atoms with van der Waals surface area (Å²) in [6.07, 6.45) is 3.51. The highest BCUT2D eigenvalue weighted by Crippen LogP contribution is 2.17. The zero-order valence-electron chi connectivity index (χ0n) is 17.1. The first-order chi connectivity index (χ1) is 14.6. The number of ether oxygens (including phenoxy) is 2. The number of thioether (sulfide) groups is 2. The second-order valence-electron chi connectivity index (χ2n) is 6.24. The Labute approximate surface area is 185 Å². The molecule has 2 aromatic carbocycles. The van der Waals surface area contributed by atoms with Gasteiger partial charge in [0.1, 0.15) is 12.4 Å². The third-order valence-electron chi connectivity index (χ3n) is 3.89. The standard InChI is InChI=1S/C22H26N2O4S2/c1-17(30-16-19-6-4-3-5-7-19)22(26)24-23-14-18-8-10-20(11-9-18)28-15-21(25)27-12-13-29-2/h3-11,14,17H,12-13,15-16H2,1-2H3,(H,24,26)/b23-14-/t17-/m0/s1. The number of hydrazone groups is 1. The van der Waals surface area contributed by atoms with Crippen LogP contribution in [0.25, 0.3) is 0 Å². The Kier molecular flexibility index (Phi) is 10.9. The SMILES string of the molecule is CSCCOC(=O)COc1ccc(/C=N\NC(=O)[C@H](C)SCc2ccccc2)cc1. The van der Waals surface area contributed by atoms with E-state index in [1.807, 2.05) is 43.5 Å². The summed E-state index contributed by atoms with van der Waals surface area (Å²) in [7, 11) is 0. The number of nitrogens with one attached hydrogen (secondary N) is 1. The lowest BCUT2D eigenvalue weighted by molar-refractivity contribution is -0.145. The lowest BCUT2D eigenvalue weighted by atomic mass is 10.2. The van der Waals surface area contributed by atoms with Gasteiger partial charge in [-0.15, -0.1) is 11.8 Å². The monoisotopic (exact) mass is 446 g/mol. The van der Waals surface area contributed by atoms with Crippen LogP contribution in [0.5, 0.6) is 5.75 Å². The lowest BCUT2D eigenvalue weighted by Crippen LogP contribution is -2.26. The summed E-state index contributed by atoms with van der Waals surface area (Å²) in [4.78, 5) is 23.7. The van der Waals surface area contributed by atoms with Gasteiger partial charge in [0.25, 0.3) is 5.91 Å². The molecule has 0 unspecified atom stereocenters. The van der Waals surface area contributed by atoms with Crippen molar-refractivity contribution in [1.29, 1.82) is 0 Å². The van der Waals surface area contributed by atoms with Gasteiger partial charge in [0.2, 0.25) is 0 Å². The Bertz CT molecular complexity index is 814.